The molecule has 0 unspecified atom stereocenters. The number of rotatable bonds is 8. The zero-order valence-electron chi connectivity index (χ0n) is 10.8. The summed E-state index contributed by atoms with van der Waals surface area (Å²) < 4.78 is 18.5. The number of methoxy groups -OCH3 is 1. The van der Waals surface area contributed by atoms with E-state index >= 15 is 0 Å². The molecule has 1 aromatic rings. The summed E-state index contributed by atoms with van der Waals surface area (Å²) in [6, 6.07) is 5.08. The molecule has 1 aromatic carbocycles. The molecule has 1 N–H and O–H groups in total. The van der Waals surface area contributed by atoms with Crippen LogP contribution >= 0.6 is 0 Å². The zero-order chi connectivity index (χ0) is 12.5. The van der Waals surface area contributed by atoms with Crippen molar-refractivity contribution in [2.75, 3.05) is 20.2 Å². The van der Waals surface area contributed by atoms with E-state index in [4.69, 9.17) is 4.74 Å². The van der Waals surface area contributed by atoms with E-state index in [1.54, 1.807) is 7.11 Å². The smallest absolute Gasteiger partial charge is 0.130 e. The number of hydrogen-bond acceptors (Lipinski definition) is 2. The minimum atomic E-state index is -0.161. The van der Waals surface area contributed by atoms with E-state index in [2.05, 4.69) is 12.2 Å². The van der Waals surface area contributed by atoms with Crippen LogP contribution in [0.2, 0.25) is 0 Å². The van der Waals surface area contributed by atoms with Gasteiger partial charge >= 0.3 is 0 Å². The molecule has 1 rings (SSSR count). The summed E-state index contributed by atoms with van der Waals surface area (Å²) in [6.07, 6.45) is 4.06. The Morgan fingerprint density at radius 3 is 2.71 bits per heavy atom. The molecule has 0 saturated carbocycles. The minimum Gasteiger partial charge on any atom is -0.497 e. The number of benzene rings is 1. The van der Waals surface area contributed by atoms with Crippen molar-refractivity contribution in [1.82, 2.24) is 5.32 Å². The molecule has 0 aliphatic rings. The molecule has 2 nitrogen and oxygen atoms in total. The van der Waals surface area contributed by atoms with Gasteiger partial charge in [0.05, 0.1) is 7.11 Å². The highest BCUT2D eigenvalue weighted by Crippen LogP contribution is 2.17. The Hall–Kier alpha value is -1.09. The van der Waals surface area contributed by atoms with Crippen LogP contribution < -0.4 is 10.1 Å². The van der Waals surface area contributed by atoms with Crippen LogP contribution in [0.15, 0.2) is 18.2 Å². The van der Waals surface area contributed by atoms with Gasteiger partial charge in [0.25, 0.3) is 0 Å². The lowest BCUT2D eigenvalue weighted by Crippen LogP contribution is -2.15. The first kappa shape index (κ1) is 14.0. The van der Waals surface area contributed by atoms with Crippen LogP contribution in [0.25, 0.3) is 0 Å². The van der Waals surface area contributed by atoms with E-state index in [-0.39, 0.29) is 5.82 Å². The fraction of sp³-hybridized carbons (Fsp3) is 0.571. The van der Waals surface area contributed by atoms with Gasteiger partial charge in [0, 0.05) is 6.07 Å². The molecule has 0 atom stereocenters. The summed E-state index contributed by atoms with van der Waals surface area (Å²) in [4.78, 5) is 0. The predicted molar refractivity (Wildman–Crippen MR) is 69.1 cm³/mol. The Labute approximate surface area is 103 Å². The summed E-state index contributed by atoms with van der Waals surface area (Å²) in [7, 11) is 1.55. The van der Waals surface area contributed by atoms with Crippen molar-refractivity contribution in [2.24, 2.45) is 0 Å². The van der Waals surface area contributed by atoms with E-state index in [0.29, 0.717) is 5.75 Å². The summed E-state index contributed by atoms with van der Waals surface area (Å²) >= 11 is 0. The summed E-state index contributed by atoms with van der Waals surface area (Å²) in [5.74, 6) is 0.418. The number of nitrogens with one attached hydrogen (secondary N) is 1. The molecular weight excluding hydrogens is 217 g/mol. The van der Waals surface area contributed by atoms with Gasteiger partial charge in [0.2, 0.25) is 0 Å². The first-order valence-electron chi connectivity index (χ1n) is 6.31. The third-order valence-electron chi connectivity index (χ3n) is 2.74. The van der Waals surface area contributed by atoms with Crippen molar-refractivity contribution in [1.29, 1.82) is 0 Å². The van der Waals surface area contributed by atoms with Crippen molar-refractivity contribution < 1.29 is 9.13 Å². The molecule has 17 heavy (non-hydrogen) atoms. The molecule has 0 aliphatic carbocycles. The van der Waals surface area contributed by atoms with Crippen LogP contribution in [0.1, 0.15) is 31.7 Å². The predicted octanol–water partition coefficient (Wildman–Crippen LogP) is 3.16. The second-order valence-corrected chi connectivity index (χ2v) is 4.16. The number of unbranched alkanes of at least 4 members (excludes halogenated alkanes) is 1. The maximum atomic E-state index is 13.6. The fourth-order valence-electron chi connectivity index (χ4n) is 1.72. The molecular formula is C14H22FNO. The Bertz CT molecular complexity index is 328. The molecule has 0 radical (unpaired) electrons. The zero-order valence-corrected chi connectivity index (χ0v) is 10.8. The molecule has 0 saturated heterocycles. The Balaban J connectivity index is 2.27. The summed E-state index contributed by atoms with van der Waals surface area (Å²) in [6.45, 7) is 4.24. The van der Waals surface area contributed by atoms with Crippen LogP contribution in [-0.4, -0.2) is 20.2 Å². The van der Waals surface area contributed by atoms with E-state index in [1.807, 2.05) is 12.1 Å². The lowest BCUT2D eigenvalue weighted by atomic mass is 10.1. The van der Waals surface area contributed by atoms with Gasteiger partial charge in [0.15, 0.2) is 0 Å². The van der Waals surface area contributed by atoms with Crippen LogP contribution in [0.4, 0.5) is 4.39 Å². The molecule has 0 spiro atoms. The van der Waals surface area contributed by atoms with Crippen molar-refractivity contribution in [3.63, 3.8) is 0 Å². The minimum absolute atomic E-state index is 0.161. The van der Waals surface area contributed by atoms with Crippen molar-refractivity contribution in [3.05, 3.63) is 29.6 Å². The Kier molecular flexibility index (Phi) is 6.63. The molecule has 0 aromatic heterocycles. The number of aryl methyl sites for hydroxylation is 1. The van der Waals surface area contributed by atoms with Gasteiger partial charge in [-0.1, -0.05) is 13.0 Å². The second kappa shape index (κ2) is 8.07. The van der Waals surface area contributed by atoms with E-state index in [0.717, 1.165) is 44.3 Å². The lowest BCUT2D eigenvalue weighted by molar-refractivity contribution is 0.410. The number of hydrogen-bond donors (Lipinski definition) is 1. The van der Waals surface area contributed by atoms with E-state index in [9.17, 15) is 4.39 Å². The van der Waals surface area contributed by atoms with E-state index < -0.39 is 0 Å². The fourth-order valence-corrected chi connectivity index (χ4v) is 1.72. The molecule has 0 amide bonds. The average Bonchev–Trinajstić information content (AvgIpc) is 2.35. The van der Waals surface area contributed by atoms with Gasteiger partial charge in [-0.25, -0.2) is 4.39 Å². The van der Waals surface area contributed by atoms with Gasteiger partial charge in [-0.3, -0.25) is 0 Å². The van der Waals surface area contributed by atoms with Gasteiger partial charge < -0.3 is 10.1 Å². The van der Waals surface area contributed by atoms with Crippen molar-refractivity contribution >= 4 is 0 Å². The van der Waals surface area contributed by atoms with Gasteiger partial charge in [-0.15, -0.1) is 0 Å². The summed E-state index contributed by atoms with van der Waals surface area (Å²) in [5.41, 5.74) is 0.779. The third kappa shape index (κ3) is 5.18. The quantitative estimate of drug-likeness (QED) is 0.704. The first-order valence-corrected chi connectivity index (χ1v) is 6.31. The Morgan fingerprint density at radius 1 is 1.24 bits per heavy atom. The number of halogens is 1. The molecule has 0 bridgehead atoms. The maximum absolute atomic E-state index is 13.6. The Morgan fingerprint density at radius 2 is 2.06 bits per heavy atom. The van der Waals surface area contributed by atoms with Gasteiger partial charge in [-0.2, -0.15) is 0 Å². The molecule has 0 fully saturated rings. The lowest BCUT2D eigenvalue weighted by Gasteiger charge is -2.06. The highest BCUT2D eigenvalue weighted by atomic mass is 19.1. The van der Waals surface area contributed by atoms with Crippen molar-refractivity contribution in [2.45, 2.75) is 32.6 Å². The average molecular weight is 239 g/mol. The second-order valence-electron chi connectivity index (χ2n) is 4.16. The molecule has 0 aliphatic heterocycles. The SMILES string of the molecule is CCCNCCCCc1ccc(OC)cc1F. The maximum Gasteiger partial charge on any atom is 0.130 e. The largest absolute Gasteiger partial charge is 0.497 e. The van der Waals surface area contributed by atoms with Crippen LogP contribution in [-0.2, 0) is 6.42 Å². The highest BCUT2D eigenvalue weighted by molar-refractivity contribution is 5.28. The van der Waals surface area contributed by atoms with Gasteiger partial charge in [-0.05, 0) is 50.4 Å². The summed E-state index contributed by atoms with van der Waals surface area (Å²) in [5, 5.41) is 3.34. The standard InChI is InChI=1S/C14H22FNO/c1-3-9-16-10-5-4-6-12-7-8-13(17-2)11-14(12)15/h7-8,11,16H,3-6,9-10H2,1-2H3. The third-order valence-corrected chi connectivity index (χ3v) is 2.74. The van der Waals surface area contributed by atoms with Crippen LogP contribution in [0.3, 0.4) is 0 Å². The number of ether oxygens (including phenoxy) is 1. The molecule has 0 heterocycles. The molecule has 96 valence electrons. The van der Waals surface area contributed by atoms with Gasteiger partial charge in [0.1, 0.15) is 11.6 Å². The van der Waals surface area contributed by atoms with E-state index in [1.165, 1.54) is 6.07 Å². The van der Waals surface area contributed by atoms with Crippen LogP contribution in [0.5, 0.6) is 5.75 Å². The monoisotopic (exact) mass is 239 g/mol. The van der Waals surface area contributed by atoms with Crippen molar-refractivity contribution in [3.8, 4) is 5.75 Å². The highest BCUT2D eigenvalue weighted by Gasteiger charge is 2.03. The normalized spacial score (nSPS) is 10.5. The first-order chi connectivity index (χ1) is 8.27. The molecule has 3 heteroatoms. The van der Waals surface area contributed by atoms with Crippen LogP contribution in [0, 0.1) is 5.82 Å². The topological polar surface area (TPSA) is 21.3 Å².